The van der Waals surface area contributed by atoms with Crippen LogP contribution >= 0.6 is 0 Å². The van der Waals surface area contributed by atoms with E-state index in [1.807, 2.05) is 30.9 Å². The number of benzene rings is 1. The van der Waals surface area contributed by atoms with E-state index < -0.39 is 0 Å². The smallest absolute Gasteiger partial charge is 0.257 e. The predicted molar refractivity (Wildman–Crippen MR) is 102 cm³/mol. The van der Waals surface area contributed by atoms with Gasteiger partial charge < -0.3 is 19.4 Å². The number of hydrogen-bond acceptors (Lipinski definition) is 4. The second-order valence-electron chi connectivity index (χ2n) is 7.23. The van der Waals surface area contributed by atoms with Crippen molar-refractivity contribution in [1.29, 1.82) is 0 Å². The average molecular weight is 370 g/mol. The number of ether oxygens (including phenoxy) is 1. The van der Waals surface area contributed by atoms with Crippen LogP contribution < -0.4 is 10.1 Å². The van der Waals surface area contributed by atoms with Crippen LogP contribution in [0.4, 0.5) is 0 Å². The van der Waals surface area contributed by atoms with Gasteiger partial charge in [-0.05, 0) is 57.0 Å². The van der Waals surface area contributed by atoms with E-state index in [9.17, 15) is 9.59 Å². The van der Waals surface area contributed by atoms with Crippen LogP contribution in [0.3, 0.4) is 0 Å². The van der Waals surface area contributed by atoms with Crippen LogP contribution in [0.15, 0.2) is 47.3 Å². The van der Waals surface area contributed by atoms with Crippen LogP contribution in [-0.4, -0.2) is 42.5 Å². The van der Waals surface area contributed by atoms with Crippen LogP contribution in [-0.2, 0) is 0 Å². The molecule has 2 amide bonds. The van der Waals surface area contributed by atoms with E-state index in [1.165, 1.54) is 12.5 Å². The van der Waals surface area contributed by atoms with Gasteiger partial charge in [0.25, 0.3) is 11.8 Å². The fourth-order valence-electron chi connectivity index (χ4n) is 3.22. The summed E-state index contributed by atoms with van der Waals surface area (Å²) in [5.41, 5.74) is 1.21. The molecule has 1 aliphatic rings. The van der Waals surface area contributed by atoms with E-state index >= 15 is 0 Å². The predicted octanol–water partition coefficient (Wildman–Crippen LogP) is 3.35. The van der Waals surface area contributed by atoms with Crippen LogP contribution in [0.25, 0.3) is 0 Å². The molecule has 0 saturated carbocycles. The molecule has 0 bridgehead atoms. The third-order valence-corrected chi connectivity index (χ3v) is 4.60. The molecule has 1 aliphatic heterocycles. The number of furan rings is 1. The summed E-state index contributed by atoms with van der Waals surface area (Å²) in [6.45, 7) is 5.85. The van der Waals surface area contributed by atoms with Gasteiger partial charge in [0.1, 0.15) is 12.0 Å². The molecular weight excluding hydrogens is 344 g/mol. The molecule has 1 N–H and O–H groups in total. The van der Waals surface area contributed by atoms with Gasteiger partial charge in [-0.3, -0.25) is 9.59 Å². The van der Waals surface area contributed by atoms with Gasteiger partial charge in [-0.15, -0.1) is 0 Å². The molecular formula is C21H26N2O4. The lowest BCUT2D eigenvalue weighted by atomic mass is 9.98. The van der Waals surface area contributed by atoms with Crippen molar-refractivity contribution in [3.05, 3.63) is 54.0 Å². The van der Waals surface area contributed by atoms with Gasteiger partial charge >= 0.3 is 0 Å². The molecule has 1 aromatic carbocycles. The number of nitrogens with one attached hydrogen (secondary N) is 1. The Balaban J connectivity index is 1.51. The molecule has 27 heavy (non-hydrogen) atoms. The topological polar surface area (TPSA) is 71.8 Å². The van der Waals surface area contributed by atoms with Crippen molar-refractivity contribution >= 4 is 11.8 Å². The highest BCUT2D eigenvalue weighted by Gasteiger charge is 2.25. The van der Waals surface area contributed by atoms with E-state index in [4.69, 9.17) is 9.15 Å². The number of rotatable bonds is 6. The quantitative estimate of drug-likeness (QED) is 0.846. The molecule has 0 spiro atoms. The van der Waals surface area contributed by atoms with Gasteiger partial charge in [-0.25, -0.2) is 0 Å². The minimum Gasteiger partial charge on any atom is -0.493 e. The first-order valence-corrected chi connectivity index (χ1v) is 9.38. The average Bonchev–Trinajstić information content (AvgIpc) is 3.20. The zero-order valence-corrected chi connectivity index (χ0v) is 15.8. The number of carbonyl (C=O) groups is 2. The summed E-state index contributed by atoms with van der Waals surface area (Å²) in [4.78, 5) is 26.3. The molecule has 2 heterocycles. The molecule has 0 aliphatic carbocycles. The highest BCUT2D eigenvalue weighted by atomic mass is 16.5. The third kappa shape index (κ3) is 5.12. The number of hydrogen-bond donors (Lipinski definition) is 1. The van der Waals surface area contributed by atoms with Crippen LogP contribution in [0.1, 0.15) is 47.4 Å². The maximum absolute atomic E-state index is 12.4. The number of nitrogens with zero attached hydrogens (tertiary/aromatic N) is 1. The number of piperidine rings is 1. The maximum atomic E-state index is 12.4. The molecule has 1 saturated heterocycles. The van der Waals surface area contributed by atoms with Crippen molar-refractivity contribution < 1.29 is 18.7 Å². The highest BCUT2D eigenvalue weighted by molar-refractivity contribution is 5.94. The van der Waals surface area contributed by atoms with Crippen molar-refractivity contribution in [1.82, 2.24) is 10.2 Å². The zero-order valence-electron chi connectivity index (χ0n) is 15.8. The molecule has 0 radical (unpaired) electrons. The van der Waals surface area contributed by atoms with Crippen molar-refractivity contribution in [2.45, 2.75) is 32.7 Å². The third-order valence-electron chi connectivity index (χ3n) is 4.60. The molecule has 3 rings (SSSR count). The minimum absolute atomic E-state index is 0.00830. The van der Waals surface area contributed by atoms with E-state index in [1.54, 1.807) is 18.2 Å². The Kier molecular flexibility index (Phi) is 6.16. The van der Waals surface area contributed by atoms with Crippen molar-refractivity contribution in [2.24, 2.45) is 5.92 Å². The summed E-state index contributed by atoms with van der Waals surface area (Å²) >= 11 is 0. The fraction of sp³-hybridized carbons (Fsp3) is 0.429. The first-order chi connectivity index (χ1) is 13.0. The first-order valence-electron chi connectivity index (χ1n) is 9.38. The monoisotopic (exact) mass is 370 g/mol. The summed E-state index contributed by atoms with van der Waals surface area (Å²) in [5, 5.41) is 2.87. The van der Waals surface area contributed by atoms with Gasteiger partial charge in [0.05, 0.1) is 18.4 Å². The SMILES string of the molecule is CC(C)NC(=O)c1ccc(OCC2CCCN(C(=O)c3ccoc3)C2)cc1. The molecule has 1 atom stereocenters. The Bertz CT molecular complexity index is 753. The Morgan fingerprint density at radius 2 is 2.00 bits per heavy atom. The van der Waals surface area contributed by atoms with Gasteiger partial charge in [0, 0.05) is 30.6 Å². The van der Waals surface area contributed by atoms with Crippen LogP contribution in [0.2, 0.25) is 0 Å². The molecule has 6 nitrogen and oxygen atoms in total. The van der Waals surface area contributed by atoms with Crippen LogP contribution in [0, 0.1) is 5.92 Å². The van der Waals surface area contributed by atoms with Gasteiger partial charge in [0.2, 0.25) is 0 Å². The van der Waals surface area contributed by atoms with Gasteiger partial charge in [-0.1, -0.05) is 0 Å². The maximum Gasteiger partial charge on any atom is 0.257 e. The fourth-order valence-corrected chi connectivity index (χ4v) is 3.22. The Morgan fingerprint density at radius 3 is 2.67 bits per heavy atom. The summed E-state index contributed by atoms with van der Waals surface area (Å²) in [7, 11) is 0. The second-order valence-corrected chi connectivity index (χ2v) is 7.23. The summed E-state index contributed by atoms with van der Waals surface area (Å²) in [6.07, 6.45) is 5.00. The molecule has 1 fully saturated rings. The largest absolute Gasteiger partial charge is 0.493 e. The lowest BCUT2D eigenvalue weighted by molar-refractivity contribution is 0.0632. The summed E-state index contributed by atoms with van der Waals surface area (Å²) in [5.74, 6) is 0.944. The zero-order chi connectivity index (χ0) is 19.2. The minimum atomic E-state index is -0.0859. The number of carbonyl (C=O) groups excluding carboxylic acids is 2. The Morgan fingerprint density at radius 1 is 1.22 bits per heavy atom. The normalized spacial score (nSPS) is 17.0. The first kappa shape index (κ1) is 19.0. The van der Waals surface area contributed by atoms with Crippen molar-refractivity contribution in [3.8, 4) is 5.75 Å². The Labute approximate surface area is 159 Å². The van der Waals surface area contributed by atoms with E-state index in [0.29, 0.717) is 30.2 Å². The lowest BCUT2D eigenvalue weighted by Crippen LogP contribution is -2.41. The van der Waals surface area contributed by atoms with Crippen molar-refractivity contribution in [3.63, 3.8) is 0 Å². The summed E-state index contributed by atoms with van der Waals surface area (Å²) < 4.78 is 10.9. The Hall–Kier alpha value is -2.76. The van der Waals surface area contributed by atoms with E-state index in [0.717, 1.165) is 25.1 Å². The molecule has 1 unspecified atom stereocenters. The van der Waals surface area contributed by atoms with Gasteiger partial charge in [-0.2, -0.15) is 0 Å². The summed E-state index contributed by atoms with van der Waals surface area (Å²) in [6, 6.07) is 8.95. The van der Waals surface area contributed by atoms with E-state index in [-0.39, 0.29) is 17.9 Å². The molecule has 144 valence electrons. The molecule has 6 heteroatoms. The molecule has 2 aromatic rings. The number of likely N-dealkylation sites (tertiary alicyclic amines) is 1. The standard InChI is InChI=1S/C21H26N2O4/c1-15(2)22-20(24)17-5-7-19(8-6-17)27-13-16-4-3-10-23(12-16)21(25)18-9-11-26-14-18/h5-9,11,14-16H,3-4,10,12-13H2,1-2H3,(H,22,24). The van der Waals surface area contributed by atoms with Crippen LogP contribution in [0.5, 0.6) is 5.75 Å². The molecule has 1 aromatic heterocycles. The number of amides is 2. The second kappa shape index (κ2) is 8.75. The highest BCUT2D eigenvalue weighted by Crippen LogP contribution is 2.21. The van der Waals surface area contributed by atoms with E-state index in [2.05, 4.69) is 5.32 Å². The lowest BCUT2D eigenvalue weighted by Gasteiger charge is -2.32. The van der Waals surface area contributed by atoms with Gasteiger partial charge in [0.15, 0.2) is 0 Å². The van der Waals surface area contributed by atoms with Crippen molar-refractivity contribution in [2.75, 3.05) is 19.7 Å².